The minimum absolute atomic E-state index is 0.0954. The van der Waals surface area contributed by atoms with E-state index in [1.54, 1.807) is 0 Å². The Bertz CT molecular complexity index is 247. The van der Waals surface area contributed by atoms with Gasteiger partial charge in [0, 0.05) is 12.6 Å². The Morgan fingerprint density at radius 3 is 2.71 bits per heavy atom. The number of carbonyl (C=O) groups excluding carboxylic acids is 1. The predicted molar refractivity (Wildman–Crippen MR) is 69.9 cm³/mol. The van der Waals surface area contributed by atoms with Crippen LogP contribution in [-0.4, -0.2) is 36.0 Å². The molecule has 0 bridgehead atoms. The van der Waals surface area contributed by atoms with Gasteiger partial charge >= 0.3 is 0 Å². The standard InChI is InChI=1S/C14H26N2O/c1-12-8-4-3-7-11-16(12)14(17)13-9-5-2-6-10-15-13/h12-13,15H,2-11H2,1H3. The molecule has 2 aliphatic heterocycles. The molecule has 1 N–H and O–H groups in total. The topological polar surface area (TPSA) is 32.3 Å². The van der Waals surface area contributed by atoms with Crippen molar-refractivity contribution >= 4 is 5.91 Å². The Kier molecular flexibility index (Phi) is 4.84. The van der Waals surface area contributed by atoms with Crippen molar-refractivity contribution in [2.75, 3.05) is 13.1 Å². The Hall–Kier alpha value is -0.570. The second-order valence-corrected chi connectivity index (χ2v) is 5.59. The van der Waals surface area contributed by atoms with E-state index in [2.05, 4.69) is 17.1 Å². The number of amides is 1. The molecule has 2 rings (SSSR count). The van der Waals surface area contributed by atoms with Crippen LogP contribution in [0.25, 0.3) is 0 Å². The lowest BCUT2D eigenvalue weighted by molar-refractivity contribution is -0.135. The molecule has 0 aromatic rings. The molecule has 0 aromatic heterocycles. The quantitative estimate of drug-likeness (QED) is 0.760. The summed E-state index contributed by atoms with van der Waals surface area (Å²) in [7, 11) is 0. The van der Waals surface area contributed by atoms with Crippen LogP contribution in [0.4, 0.5) is 0 Å². The molecule has 3 nitrogen and oxygen atoms in total. The zero-order valence-electron chi connectivity index (χ0n) is 11.1. The summed E-state index contributed by atoms with van der Waals surface area (Å²) in [5, 5.41) is 3.43. The van der Waals surface area contributed by atoms with E-state index < -0.39 is 0 Å². The van der Waals surface area contributed by atoms with Crippen molar-refractivity contribution in [1.29, 1.82) is 0 Å². The van der Waals surface area contributed by atoms with E-state index in [1.807, 2.05) is 0 Å². The van der Waals surface area contributed by atoms with Crippen LogP contribution in [0.3, 0.4) is 0 Å². The zero-order chi connectivity index (χ0) is 12.1. The van der Waals surface area contributed by atoms with Gasteiger partial charge in [-0.3, -0.25) is 4.79 Å². The zero-order valence-corrected chi connectivity index (χ0v) is 11.1. The van der Waals surface area contributed by atoms with E-state index in [9.17, 15) is 4.79 Å². The van der Waals surface area contributed by atoms with Gasteiger partial charge in [0.15, 0.2) is 0 Å². The number of rotatable bonds is 1. The first kappa shape index (κ1) is 12.9. The van der Waals surface area contributed by atoms with Crippen LogP contribution in [0.2, 0.25) is 0 Å². The van der Waals surface area contributed by atoms with Crippen LogP contribution < -0.4 is 5.32 Å². The van der Waals surface area contributed by atoms with Crippen LogP contribution >= 0.6 is 0 Å². The maximum Gasteiger partial charge on any atom is 0.239 e. The molecule has 0 aromatic carbocycles. The number of hydrogen-bond donors (Lipinski definition) is 1. The van der Waals surface area contributed by atoms with Crippen molar-refractivity contribution in [3.63, 3.8) is 0 Å². The third-order valence-electron chi connectivity index (χ3n) is 4.19. The van der Waals surface area contributed by atoms with Crippen molar-refractivity contribution in [3.8, 4) is 0 Å². The molecular weight excluding hydrogens is 212 g/mol. The molecule has 98 valence electrons. The van der Waals surface area contributed by atoms with E-state index in [1.165, 1.54) is 44.9 Å². The highest BCUT2D eigenvalue weighted by molar-refractivity contribution is 5.82. The van der Waals surface area contributed by atoms with Gasteiger partial charge in [0.2, 0.25) is 5.91 Å². The maximum atomic E-state index is 12.5. The van der Waals surface area contributed by atoms with Gasteiger partial charge in [0.25, 0.3) is 0 Å². The van der Waals surface area contributed by atoms with Crippen molar-refractivity contribution < 1.29 is 4.79 Å². The molecular formula is C14H26N2O. The summed E-state index contributed by atoms with van der Waals surface area (Å²) in [6, 6.07) is 0.535. The van der Waals surface area contributed by atoms with Gasteiger partial charge in [-0.25, -0.2) is 0 Å². The number of hydrogen-bond acceptors (Lipinski definition) is 2. The molecule has 0 aliphatic carbocycles. The Morgan fingerprint density at radius 2 is 1.82 bits per heavy atom. The molecule has 2 fully saturated rings. The van der Waals surface area contributed by atoms with Gasteiger partial charge in [0.05, 0.1) is 6.04 Å². The number of carbonyl (C=O) groups is 1. The molecule has 2 unspecified atom stereocenters. The lowest BCUT2D eigenvalue weighted by Gasteiger charge is -2.31. The smallest absolute Gasteiger partial charge is 0.239 e. The van der Waals surface area contributed by atoms with Crippen LogP contribution in [0.5, 0.6) is 0 Å². The second kappa shape index (κ2) is 6.39. The number of likely N-dealkylation sites (tertiary alicyclic amines) is 1. The average molecular weight is 238 g/mol. The summed E-state index contributed by atoms with van der Waals surface area (Å²) >= 11 is 0. The van der Waals surface area contributed by atoms with Gasteiger partial charge in [-0.15, -0.1) is 0 Å². The Balaban J connectivity index is 1.96. The van der Waals surface area contributed by atoms with Crippen molar-refractivity contribution in [2.45, 2.75) is 70.4 Å². The second-order valence-electron chi connectivity index (χ2n) is 5.59. The van der Waals surface area contributed by atoms with Crippen LogP contribution in [-0.2, 0) is 4.79 Å². The summed E-state index contributed by atoms with van der Waals surface area (Å²) in [6.45, 7) is 4.19. The highest BCUT2D eigenvalue weighted by atomic mass is 16.2. The third-order valence-corrected chi connectivity index (χ3v) is 4.19. The summed E-state index contributed by atoms with van der Waals surface area (Å²) in [6.07, 6.45) is 9.65. The Labute approximate surface area is 105 Å². The SMILES string of the molecule is CC1CCCCCN1C(=O)C1CCCCCN1. The molecule has 1 amide bonds. The molecule has 2 heterocycles. The predicted octanol–water partition coefficient (Wildman–Crippen LogP) is 2.31. The average Bonchev–Trinajstić information content (AvgIpc) is 2.70. The van der Waals surface area contributed by atoms with E-state index >= 15 is 0 Å². The van der Waals surface area contributed by atoms with E-state index in [0.717, 1.165) is 19.5 Å². The van der Waals surface area contributed by atoms with Gasteiger partial charge in [-0.1, -0.05) is 25.7 Å². The molecule has 0 spiro atoms. The molecule has 2 saturated heterocycles. The normalized spacial score (nSPS) is 31.7. The molecule has 17 heavy (non-hydrogen) atoms. The fourth-order valence-corrected chi connectivity index (χ4v) is 3.04. The summed E-state index contributed by atoms with van der Waals surface area (Å²) in [5.41, 5.74) is 0. The summed E-state index contributed by atoms with van der Waals surface area (Å²) in [4.78, 5) is 14.7. The van der Waals surface area contributed by atoms with Crippen molar-refractivity contribution in [2.24, 2.45) is 0 Å². The molecule has 2 aliphatic rings. The van der Waals surface area contributed by atoms with Gasteiger partial charge in [-0.2, -0.15) is 0 Å². The lowest BCUT2D eigenvalue weighted by Crippen LogP contribution is -2.49. The summed E-state index contributed by atoms with van der Waals surface area (Å²) < 4.78 is 0. The fourth-order valence-electron chi connectivity index (χ4n) is 3.04. The molecule has 0 radical (unpaired) electrons. The van der Waals surface area contributed by atoms with E-state index in [-0.39, 0.29) is 6.04 Å². The fraction of sp³-hybridized carbons (Fsp3) is 0.929. The third kappa shape index (κ3) is 3.44. The first-order valence-corrected chi connectivity index (χ1v) is 7.33. The largest absolute Gasteiger partial charge is 0.339 e. The van der Waals surface area contributed by atoms with Gasteiger partial charge in [-0.05, 0) is 39.2 Å². The van der Waals surface area contributed by atoms with Crippen molar-refractivity contribution in [1.82, 2.24) is 10.2 Å². The maximum absolute atomic E-state index is 12.5. The Morgan fingerprint density at radius 1 is 1.06 bits per heavy atom. The molecule has 3 heteroatoms. The van der Waals surface area contributed by atoms with Crippen molar-refractivity contribution in [3.05, 3.63) is 0 Å². The molecule has 2 atom stereocenters. The lowest BCUT2D eigenvalue weighted by atomic mass is 10.1. The van der Waals surface area contributed by atoms with Crippen LogP contribution in [0.15, 0.2) is 0 Å². The van der Waals surface area contributed by atoms with E-state index in [4.69, 9.17) is 0 Å². The monoisotopic (exact) mass is 238 g/mol. The van der Waals surface area contributed by atoms with Gasteiger partial charge < -0.3 is 10.2 Å². The minimum Gasteiger partial charge on any atom is -0.339 e. The van der Waals surface area contributed by atoms with Gasteiger partial charge in [0.1, 0.15) is 0 Å². The first-order chi connectivity index (χ1) is 8.29. The van der Waals surface area contributed by atoms with Crippen LogP contribution in [0.1, 0.15) is 58.3 Å². The number of nitrogens with zero attached hydrogens (tertiary/aromatic N) is 1. The minimum atomic E-state index is 0.0954. The highest BCUT2D eigenvalue weighted by Gasteiger charge is 2.28. The van der Waals surface area contributed by atoms with E-state index in [0.29, 0.717) is 11.9 Å². The first-order valence-electron chi connectivity index (χ1n) is 7.33. The number of nitrogens with one attached hydrogen (secondary N) is 1. The summed E-state index contributed by atoms with van der Waals surface area (Å²) in [5.74, 6) is 0.362. The highest BCUT2D eigenvalue weighted by Crippen LogP contribution is 2.19. The molecule has 0 saturated carbocycles. The van der Waals surface area contributed by atoms with Crippen LogP contribution in [0, 0.1) is 0 Å².